The van der Waals surface area contributed by atoms with Crippen LogP contribution < -0.4 is 10.2 Å². The van der Waals surface area contributed by atoms with Gasteiger partial charge in [0.25, 0.3) is 5.91 Å². The summed E-state index contributed by atoms with van der Waals surface area (Å²) in [4.78, 5) is 29.6. The van der Waals surface area contributed by atoms with Crippen LogP contribution in [0.15, 0.2) is 59.6 Å². The molecule has 2 aliphatic heterocycles. The topological polar surface area (TPSA) is 124 Å². The summed E-state index contributed by atoms with van der Waals surface area (Å²) in [6.45, 7) is 7.59. The Morgan fingerprint density at radius 2 is 1.81 bits per heavy atom. The molecule has 5 heterocycles. The van der Waals surface area contributed by atoms with Gasteiger partial charge in [-0.1, -0.05) is 17.7 Å². The lowest BCUT2D eigenvalue weighted by Crippen LogP contribution is -2.45. The summed E-state index contributed by atoms with van der Waals surface area (Å²) >= 11 is 6.44. The number of halogens is 1. The van der Waals surface area contributed by atoms with Crippen molar-refractivity contribution in [2.45, 2.75) is 50.5 Å². The third-order valence-corrected chi connectivity index (χ3v) is 9.64. The zero-order chi connectivity index (χ0) is 30.3. The van der Waals surface area contributed by atoms with Crippen LogP contribution in [0.4, 0.5) is 5.82 Å². The number of fused-ring (bicyclic) bond motifs is 2. The molecule has 43 heavy (non-hydrogen) atoms. The number of rotatable bonds is 5. The summed E-state index contributed by atoms with van der Waals surface area (Å²) in [6, 6.07) is 14.5. The third kappa shape index (κ3) is 6.21. The van der Waals surface area contributed by atoms with Crippen LogP contribution in [0.25, 0.3) is 22.3 Å². The largest absolute Gasteiger partial charge is 0.373 e. The number of benzene rings is 1. The molecule has 10 nitrogen and oxygen atoms in total. The molecule has 4 aromatic rings. The van der Waals surface area contributed by atoms with E-state index in [9.17, 15) is 13.2 Å². The van der Waals surface area contributed by atoms with Crippen molar-refractivity contribution in [3.8, 4) is 11.4 Å². The Hall–Kier alpha value is -3.64. The molecule has 3 aromatic heterocycles. The van der Waals surface area contributed by atoms with E-state index in [1.54, 1.807) is 13.1 Å². The van der Waals surface area contributed by atoms with Gasteiger partial charge in [0.1, 0.15) is 5.82 Å². The molecule has 0 unspecified atom stereocenters. The molecule has 224 valence electrons. The van der Waals surface area contributed by atoms with Crippen LogP contribution >= 0.6 is 11.6 Å². The fourth-order valence-corrected chi connectivity index (χ4v) is 7.46. The van der Waals surface area contributed by atoms with Crippen molar-refractivity contribution in [2.75, 3.05) is 30.3 Å². The van der Waals surface area contributed by atoms with Crippen LogP contribution in [-0.2, 0) is 25.9 Å². The van der Waals surface area contributed by atoms with Gasteiger partial charge in [-0.25, -0.2) is 18.4 Å². The molecule has 1 amide bonds. The quantitative estimate of drug-likeness (QED) is 0.336. The van der Waals surface area contributed by atoms with Gasteiger partial charge < -0.3 is 19.7 Å². The summed E-state index contributed by atoms with van der Waals surface area (Å²) in [5.41, 5.74) is 3.32. The molecule has 2 aliphatic rings. The lowest BCUT2D eigenvalue weighted by atomic mass is 10.1. The molecular weight excluding hydrogens is 590 g/mol. The van der Waals surface area contributed by atoms with Crippen molar-refractivity contribution in [1.29, 1.82) is 0 Å². The highest BCUT2D eigenvalue weighted by Gasteiger charge is 2.30. The van der Waals surface area contributed by atoms with E-state index in [1.807, 2.05) is 36.4 Å². The SMILES string of the molecule is C[C@@H]1CN(c2cccc(-c3ccc4cnc(CNC(=O)c5cc(Cl)c6c(c5)S(=O)(=O)CCO[C@@H]6C)cc4n3)n2)C[C@H](C)O1. The number of anilines is 1. The highest BCUT2D eigenvalue weighted by molar-refractivity contribution is 7.91. The number of carbonyl (C=O) groups excluding carboxylic acids is 1. The van der Waals surface area contributed by atoms with E-state index < -0.39 is 21.8 Å². The first-order valence-corrected chi connectivity index (χ1v) is 16.2. The van der Waals surface area contributed by atoms with Gasteiger partial charge in [0, 0.05) is 40.8 Å². The maximum Gasteiger partial charge on any atom is 0.251 e. The Morgan fingerprint density at radius 3 is 2.60 bits per heavy atom. The molecule has 1 N–H and O–H groups in total. The number of nitrogens with zero attached hydrogens (tertiary/aromatic N) is 4. The summed E-state index contributed by atoms with van der Waals surface area (Å²) in [7, 11) is -3.65. The standard InChI is InChI=1S/C31H32ClN5O5S/c1-18-16-37(17-19(2)42-18)29-6-4-5-25(36-29)26-8-7-21-14-33-23(13-27(21)35-26)15-34-31(38)22-11-24(32)30-20(3)41-9-10-43(39,40)28(30)12-22/h4-8,11-14,18-20H,9-10,15-17H2,1-3H3,(H,34,38)/t18-,19+,20-/m1/s1. The molecule has 0 radical (unpaired) electrons. The summed E-state index contributed by atoms with van der Waals surface area (Å²) in [5, 5.41) is 3.85. The monoisotopic (exact) mass is 621 g/mol. The number of sulfone groups is 1. The van der Waals surface area contributed by atoms with E-state index in [-0.39, 0.29) is 46.6 Å². The first-order valence-electron chi connectivity index (χ1n) is 14.2. The predicted octanol–water partition coefficient (Wildman–Crippen LogP) is 4.75. The van der Waals surface area contributed by atoms with Crippen LogP contribution in [0.1, 0.15) is 48.5 Å². The second-order valence-corrected chi connectivity index (χ2v) is 13.5. The number of carbonyl (C=O) groups is 1. The minimum absolute atomic E-state index is 0.0334. The number of ether oxygens (including phenoxy) is 2. The first-order chi connectivity index (χ1) is 20.6. The second-order valence-electron chi connectivity index (χ2n) is 11.0. The number of pyridine rings is 3. The van der Waals surface area contributed by atoms with Gasteiger partial charge in [0.15, 0.2) is 9.84 Å². The fourth-order valence-electron chi connectivity index (χ4n) is 5.58. The highest BCUT2D eigenvalue weighted by Crippen LogP contribution is 2.36. The van der Waals surface area contributed by atoms with Crippen molar-refractivity contribution in [2.24, 2.45) is 0 Å². The number of hydrogen-bond donors (Lipinski definition) is 1. The molecule has 0 bridgehead atoms. The Kier molecular flexibility index (Phi) is 8.08. The average molecular weight is 622 g/mol. The average Bonchev–Trinajstić information content (AvgIpc) is 3.09. The van der Waals surface area contributed by atoms with Crippen LogP contribution in [0.5, 0.6) is 0 Å². The van der Waals surface area contributed by atoms with Crippen molar-refractivity contribution in [3.05, 3.63) is 76.6 Å². The van der Waals surface area contributed by atoms with E-state index in [4.69, 9.17) is 31.0 Å². The van der Waals surface area contributed by atoms with Gasteiger partial charge in [0.05, 0.1) is 64.7 Å². The molecular formula is C31H32ClN5O5S. The maximum atomic E-state index is 13.1. The molecule has 0 aliphatic carbocycles. The number of aromatic nitrogens is 3. The fraction of sp³-hybridized carbons (Fsp3) is 0.355. The van der Waals surface area contributed by atoms with Crippen LogP contribution in [0.3, 0.4) is 0 Å². The second kappa shape index (κ2) is 11.8. The Bertz CT molecular complexity index is 1810. The van der Waals surface area contributed by atoms with E-state index in [0.717, 1.165) is 35.7 Å². The summed E-state index contributed by atoms with van der Waals surface area (Å²) in [6.07, 6.45) is 1.46. The zero-order valence-corrected chi connectivity index (χ0v) is 25.7. The van der Waals surface area contributed by atoms with Crippen molar-refractivity contribution < 1.29 is 22.7 Å². The number of hydrogen-bond acceptors (Lipinski definition) is 9. The zero-order valence-electron chi connectivity index (χ0n) is 24.1. The smallest absolute Gasteiger partial charge is 0.251 e. The van der Waals surface area contributed by atoms with Crippen molar-refractivity contribution >= 4 is 44.1 Å². The number of nitrogens with one attached hydrogen (secondary N) is 1. The van der Waals surface area contributed by atoms with Gasteiger partial charge in [0.2, 0.25) is 0 Å². The van der Waals surface area contributed by atoms with E-state index in [1.165, 1.54) is 12.1 Å². The molecule has 1 aromatic carbocycles. The van der Waals surface area contributed by atoms with Gasteiger partial charge in [-0.05, 0) is 63.2 Å². The minimum Gasteiger partial charge on any atom is -0.373 e. The lowest BCUT2D eigenvalue weighted by Gasteiger charge is -2.36. The van der Waals surface area contributed by atoms with Gasteiger partial charge in [-0.3, -0.25) is 9.78 Å². The third-order valence-electron chi connectivity index (χ3n) is 7.62. The molecule has 12 heteroatoms. The number of amides is 1. The molecule has 6 rings (SSSR count). The summed E-state index contributed by atoms with van der Waals surface area (Å²) < 4.78 is 37.1. The van der Waals surface area contributed by atoms with Crippen LogP contribution in [0, 0.1) is 0 Å². The van der Waals surface area contributed by atoms with Crippen molar-refractivity contribution in [3.63, 3.8) is 0 Å². The Labute approximate surface area is 255 Å². The Balaban J connectivity index is 1.21. The van der Waals surface area contributed by atoms with Gasteiger partial charge >= 0.3 is 0 Å². The number of morpholine rings is 1. The van der Waals surface area contributed by atoms with Crippen LogP contribution in [-0.4, -0.2) is 66.9 Å². The van der Waals surface area contributed by atoms with E-state index in [0.29, 0.717) is 16.8 Å². The predicted molar refractivity (Wildman–Crippen MR) is 164 cm³/mol. The highest BCUT2D eigenvalue weighted by atomic mass is 35.5. The molecule has 1 saturated heterocycles. The molecule has 1 fully saturated rings. The van der Waals surface area contributed by atoms with E-state index in [2.05, 4.69) is 29.0 Å². The lowest BCUT2D eigenvalue weighted by molar-refractivity contribution is -0.00545. The molecule has 0 saturated carbocycles. The van der Waals surface area contributed by atoms with Gasteiger partial charge in [-0.15, -0.1) is 0 Å². The van der Waals surface area contributed by atoms with Gasteiger partial charge in [-0.2, -0.15) is 0 Å². The van der Waals surface area contributed by atoms with E-state index >= 15 is 0 Å². The maximum absolute atomic E-state index is 13.1. The van der Waals surface area contributed by atoms with Crippen molar-refractivity contribution in [1.82, 2.24) is 20.3 Å². The molecule has 3 atom stereocenters. The molecule has 0 spiro atoms. The first kappa shape index (κ1) is 29.4. The minimum atomic E-state index is -3.65. The Morgan fingerprint density at radius 1 is 1.05 bits per heavy atom. The van der Waals surface area contributed by atoms with Crippen LogP contribution in [0.2, 0.25) is 5.02 Å². The normalized spacial score (nSPS) is 21.7. The summed E-state index contributed by atoms with van der Waals surface area (Å²) in [5.74, 6) is 0.244.